The molecule has 1 aromatic carbocycles. The Morgan fingerprint density at radius 1 is 1.30 bits per heavy atom. The molecule has 0 bridgehead atoms. The zero-order valence-corrected chi connectivity index (χ0v) is 16.1. The summed E-state index contributed by atoms with van der Waals surface area (Å²) < 4.78 is 45.6. The van der Waals surface area contributed by atoms with Crippen LogP contribution in [0, 0.1) is 0 Å². The van der Waals surface area contributed by atoms with Crippen LogP contribution in [0.25, 0.3) is 0 Å². The van der Waals surface area contributed by atoms with E-state index in [0.29, 0.717) is 17.1 Å². The van der Waals surface area contributed by atoms with Crippen molar-refractivity contribution < 1.29 is 37.0 Å². The molecule has 0 saturated heterocycles. The van der Waals surface area contributed by atoms with E-state index >= 15 is 0 Å². The lowest BCUT2D eigenvalue weighted by Crippen LogP contribution is -2.51. The third kappa shape index (κ3) is 5.47. The molecule has 1 aliphatic heterocycles. The highest BCUT2D eigenvalue weighted by molar-refractivity contribution is 7.88. The molecule has 1 N–H and O–H groups in total. The number of fused-ring (bicyclic) bond motifs is 1. The van der Waals surface area contributed by atoms with Gasteiger partial charge in [-0.05, 0) is 24.6 Å². The summed E-state index contributed by atoms with van der Waals surface area (Å²) in [4.78, 5) is 23.7. The molecule has 11 heteroatoms. The van der Waals surface area contributed by atoms with Gasteiger partial charge >= 0.3 is 12.1 Å². The van der Waals surface area contributed by atoms with Crippen LogP contribution in [0.4, 0.5) is 4.79 Å². The molecule has 1 atom stereocenters. The van der Waals surface area contributed by atoms with E-state index in [0.717, 1.165) is 17.7 Å². The summed E-state index contributed by atoms with van der Waals surface area (Å²) >= 11 is 0. The minimum absolute atomic E-state index is 0.0647. The number of esters is 1. The summed E-state index contributed by atoms with van der Waals surface area (Å²) in [5.41, 5.74) is 0.581. The number of nitrogens with zero attached hydrogens (tertiary/aromatic N) is 1. The predicted octanol–water partition coefficient (Wildman–Crippen LogP) is 0.465. The SMILES string of the molecule is CCOC(=O)[C@@H](CNC(=O)OC)N(Cc1ccc2c(c1)OCO2)S(C)(=O)=O. The number of ether oxygens (including phenoxy) is 4. The van der Waals surface area contributed by atoms with Gasteiger partial charge < -0.3 is 24.3 Å². The summed E-state index contributed by atoms with van der Waals surface area (Å²) in [5, 5.41) is 2.34. The van der Waals surface area contributed by atoms with Crippen molar-refractivity contribution in [1.29, 1.82) is 0 Å². The lowest BCUT2D eigenvalue weighted by molar-refractivity contribution is -0.147. The number of nitrogens with one attached hydrogen (secondary N) is 1. The number of amides is 1. The number of alkyl carbamates (subject to hydrolysis) is 1. The molecule has 150 valence electrons. The van der Waals surface area contributed by atoms with E-state index in [-0.39, 0.29) is 26.5 Å². The van der Waals surface area contributed by atoms with Crippen LogP contribution in [0.5, 0.6) is 11.5 Å². The van der Waals surface area contributed by atoms with E-state index in [1.807, 2.05) is 0 Å². The monoisotopic (exact) mass is 402 g/mol. The third-order valence-electron chi connectivity index (χ3n) is 3.73. The molecular weight excluding hydrogens is 380 g/mol. The van der Waals surface area contributed by atoms with Crippen LogP contribution in [0.2, 0.25) is 0 Å². The van der Waals surface area contributed by atoms with Crippen LogP contribution in [0.1, 0.15) is 12.5 Å². The first-order chi connectivity index (χ1) is 12.8. The van der Waals surface area contributed by atoms with Crippen molar-refractivity contribution in [3.8, 4) is 11.5 Å². The van der Waals surface area contributed by atoms with Crippen LogP contribution >= 0.6 is 0 Å². The number of hydrogen-bond acceptors (Lipinski definition) is 8. The second-order valence-electron chi connectivity index (χ2n) is 5.64. The van der Waals surface area contributed by atoms with Crippen LogP contribution in [0.3, 0.4) is 0 Å². The molecule has 0 fully saturated rings. The molecular formula is C16H22N2O8S. The molecule has 0 unspecified atom stereocenters. The van der Waals surface area contributed by atoms with Crippen molar-refractivity contribution in [1.82, 2.24) is 9.62 Å². The molecule has 1 aliphatic rings. The van der Waals surface area contributed by atoms with E-state index in [4.69, 9.17) is 14.2 Å². The van der Waals surface area contributed by atoms with E-state index < -0.39 is 28.1 Å². The molecule has 1 aromatic rings. The maximum atomic E-state index is 12.4. The number of sulfonamides is 1. The Bertz CT molecular complexity index is 796. The minimum atomic E-state index is -3.83. The average molecular weight is 402 g/mol. The van der Waals surface area contributed by atoms with Gasteiger partial charge in [0, 0.05) is 13.1 Å². The first-order valence-electron chi connectivity index (χ1n) is 8.10. The standard InChI is InChI=1S/C16H22N2O8S/c1-4-24-15(19)12(8-17-16(20)23-2)18(27(3,21)22)9-11-5-6-13-14(7-11)26-10-25-13/h5-7,12H,4,8-10H2,1-3H3,(H,17,20)/t12-/m1/s1. The molecule has 1 amide bonds. The molecule has 0 aliphatic carbocycles. The number of hydrogen-bond donors (Lipinski definition) is 1. The van der Waals surface area contributed by atoms with Gasteiger partial charge in [-0.25, -0.2) is 13.2 Å². The van der Waals surface area contributed by atoms with Crippen molar-refractivity contribution >= 4 is 22.1 Å². The molecule has 27 heavy (non-hydrogen) atoms. The van der Waals surface area contributed by atoms with Crippen molar-refractivity contribution in [2.24, 2.45) is 0 Å². The molecule has 0 spiro atoms. The zero-order chi connectivity index (χ0) is 20.0. The normalized spacial score (nSPS) is 13.9. The van der Waals surface area contributed by atoms with Gasteiger partial charge in [-0.1, -0.05) is 6.07 Å². The van der Waals surface area contributed by atoms with Gasteiger partial charge in [0.1, 0.15) is 6.04 Å². The van der Waals surface area contributed by atoms with Gasteiger partial charge in [0.25, 0.3) is 0 Å². The average Bonchev–Trinajstić information content (AvgIpc) is 3.07. The van der Waals surface area contributed by atoms with E-state index in [2.05, 4.69) is 10.1 Å². The topological polar surface area (TPSA) is 120 Å². The fourth-order valence-corrected chi connectivity index (χ4v) is 3.48. The Balaban J connectivity index is 2.29. The summed E-state index contributed by atoms with van der Waals surface area (Å²) in [6.45, 7) is 1.33. The fourth-order valence-electron chi connectivity index (χ4n) is 2.47. The van der Waals surface area contributed by atoms with Crippen LogP contribution in [-0.4, -0.2) is 64.1 Å². The van der Waals surface area contributed by atoms with Crippen molar-refractivity contribution in [3.63, 3.8) is 0 Å². The number of benzene rings is 1. The first kappa shape index (κ1) is 20.8. The number of carbonyl (C=O) groups excluding carboxylic acids is 2. The largest absolute Gasteiger partial charge is 0.465 e. The summed E-state index contributed by atoms with van der Waals surface area (Å²) in [6, 6.07) is 3.70. The van der Waals surface area contributed by atoms with Crippen LogP contribution in [0.15, 0.2) is 18.2 Å². The summed E-state index contributed by atoms with van der Waals surface area (Å²) in [7, 11) is -2.66. The lowest BCUT2D eigenvalue weighted by atomic mass is 10.2. The maximum Gasteiger partial charge on any atom is 0.406 e. The zero-order valence-electron chi connectivity index (χ0n) is 15.3. The molecule has 0 radical (unpaired) electrons. The highest BCUT2D eigenvalue weighted by Crippen LogP contribution is 2.33. The van der Waals surface area contributed by atoms with Gasteiger partial charge in [0.15, 0.2) is 11.5 Å². The summed E-state index contributed by atoms with van der Waals surface area (Å²) in [5.74, 6) is 0.264. The number of rotatable bonds is 8. The van der Waals surface area contributed by atoms with E-state index in [1.165, 1.54) is 0 Å². The highest BCUT2D eigenvalue weighted by atomic mass is 32.2. The Labute approximate surface area is 157 Å². The predicted molar refractivity (Wildman–Crippen MR) is 93.8 cm³/mol. The minimum Gasteiger partial charge on any atom is -0.465 e. The van der Waals surface area contributed by atoms with Gasteiger partial charge in [0.05, 0.1) is 20.0 Å². The van der Waals surface area contributed by atoms with Gasteiger partial charge in [-0.2, -0.15) is 4.31 Å². The Hall–Kier alpha value is -2.53. The summed E-state index contributed by atoms with van der Waals surface area (Å²) in [6.07, 6.45) is 0.186. The molecule has 1 heterocycles. The maximum absolute atomic E-state index is 12.4. The molecule has 0 aromatic heterocycles. The van der Waals surface area contributed by atoms with E-state index in [1.54, 1.807) is 25.1 Å². The fraction of sp³-hybridized carbons (Fsp3) is 0.500. The Kier molecular flexibility index (Phi) is 6.86. The van der Waals surface area contributed by atoms with Gasteiger partial charge in [0.2, 0.25) is 16.8 Å². The second kappa shape index (κ2) is 8.91. The second-order valence-corrected chi connectivity index (χ2v) is 7.57. The van der Waals surface area contributed by atoms with Crippen molar-refractivity contribution in [2.75, 3.05) is 33.3 Å². The molecule has 0 saturated carbocycles. The van der Waals surface area contributed by atoms with Gasteiger partial charge in [-0.3, -0.25) is 4.79 Å². The van der Waals surface area contributed by atoms with Crippen molar-refractivity contribution in [3.05, 3.63) is 23.8 Å². The third-order valence-corrected chi connectivity index (χ3v) is 4.97. The van der Waals surface area contributed by atoms with Crippen molar-refractivity contribution in [2.45, 2.75) is 19.5 Å². The van der Waals surface area contributed by atoms with Crippen LogP contribution < -0.4 is 14.8 Å². The number of carbonyl (C=O) groups is 2. The lowest BCUT2D eigenvalue weighted by Gasteiger charge is -2.28. The van der Waals surface area contributed by atoms with Crippen LogP contribution in [-0.2, 0) is 30.8 Å². The number of methoxy groups -OCH3 is 1. The van der Waals surface area contributed by atoms with E-state index in [9.17, 15) is 18.0 Å². The quantitative estimate of drug-likeness (QED) is 0.623. The highest BCUT2D eigenvalue weighted by Gasteiger charge is 2.34. The smallest absolute Gasteiger partial charge is 0.406 e. The Morgan fingerprint density at radius 3 is 2.63 bits per heavy atom. The first-order valence-corrected chi connectivity index (χ1v) is 9.95. The Morgan fingerprint density at radius 2 is 2.00 bits per heavy atom. The van der Waals surface area contributed by atoms with Gasteiger partial charge in [-0.15, -0.1) is 0 Å². The molecule has 10 nitrogen and oxygen atoms in total. The molecule has 2 rings (SSSR count).